The molecule has 0 spiro atoms. The van der Waals surface area contributed by atoms with E-state index >= 15 is 0 Å². The fraction of sp³-hybridized carbons (Fsp3) is 0.533. The number of sulfonamides is 1. The number of anilines is 1. The van der Waals surface area contributed by atoms with Crippen molar-refractivity contribution in [3.05, 3.63) is 23.8 Å². The molecule has 6 heteroatoms. The Kier molecular flexibility index (Phi) is 4.68. The van der Waals surface area contributed by atoms with Gasteiger partial charge in [-0.05, 0) is 43.5 Å². The number of hydrogen-bond acceptors (Lipinski definition) is 3. The lowest BCUT2D eigenvalue weighted by molar-refractivity contribution is -0.118. The standard InChI is InChI=1S/C15H22N2O3S/c1-4-8-16-21(19,20)13-6-7-14-12(10-13)9-11(3)17(14)15(18)5-2/h6-7,10-11,16H,4-5,8-9H2,1-3H3. The highest BCUT2D eigenvalue weighted by molar-refractivity contribution is 7.89. The van der Waals surface area contributed by atoms with Gasteiger partial charge in [0.1, 0.15) is 0 Å². The van der Waals surface area contributed by atoms with Crippen LogP contribution in [-0.2, 0) is 21.2 Å². The van der Waals surface area contributed by atoms with Crippen molar-refractivity contribution < 1.29 is 13.2 Å². The molecule has 0 bridgehead atoms. The number of carbonyl (C=O) groups excluding carboxylic acids is 1. The Morgan fingerprint density at radius 3 is 2.71 bits per heavy atom. The molecule has 1 aliphatic rings. The van der Waals surface area contributed by atoms with Gasteiger partial charge in [-0.25, -0.2) is 13.1 Å². The number of hydrogen-bond donors (Lipinski definition) is 1. The molecule has 0 saturated heterocycles. The van der Waals surface area contributed by atoms with E-state index in [-0.39, 0.29) is 16.8 Å². The monoisotopic (exact) mass is 310 g/mol. The van der Waals surface area contributed by atoms with E-state index in [4.69, 9.17) is 0 Å². The number of benzene rings is 1. The van der Waals surface area contributed by atoms with Gasteiger partial charge < -0.3 is 4.90 Å². The molecule has 21 heavy (non-hydrogen) atoms. The van der Waals surface area contributed by atoms with E-state index in [1.54, 1.807) is 23.1 Å². The fourth-order valence-electron chi connectivity index (χ4n) is 2.64. The number of carbonyl (C=O) groups is 1. The summed E-state index contributed by atoms with van der Waals surface area (Å²) in [5, 5.41) is 0. The van der Waals surface area contributed by atoms with Crippen LogP contribution in [0.2, 0.25) is 0 Å². The summed E-state index contributed by atoms with van der Waals surface area (Å²) in [7, 11) is -3.46. The highest BCUT2D eigenvalue weighted by Gasteiger charge is 2.31. The molecule has 116 valence electrons. The van der Waals surface area contributed by atoms with Gasteiger partial charge >= 0.3 is 0 Å². The van der Waals surface area contributed by atoms with E-state index in [2.05, 4.69) is 4.72 Å². The molecule has 0 saturated carbocycles. The van der Waals surface area contributed by atoms with Crippen molar-refractivity contribution in [2.45, 2.75) is 51.0 Å². The molecule has 1 unspecified atom stereocenters. The van der Waals surface area contributed by atoms with E-state index in [0.29, 0.717) is 19.4 Å². The second-order valence-corrected chi connectivity index (χ2v) is 7.13. The van der Waals surface area contributed by atoms with Gasteiger partial charge in [0.2, 0.25) is 15.9 Å². The maximum Gasteiger partial charge on any atom is 0.240 e. The van der Waals surface area contributed by atoms with Crippen LogP contribution < -0.4 is 9.62 Å². The minimum absolute atomic E-state index is 0.0703. The zero-order valence-corrected chi connectivity index (χ0v) is 13.5. The molecule has 0 aromatic heterocycles. The normalized spacial score (nSPS) is 17.9. The predicted octanol–water partition coefficient (Wildman–Crippen LogP) is 2.06. The van der Waals surface area contributed by atoms with E-state index in [1.165, 1.54) is 0 Å². The molecule has 5 nitrogen and oxygen atoms in total. The molecule has 1 heterocycles. The molecule has 1 N–H and O–H groups in total. The molecular formula is C15H22N2O3S. The number of amides is 1. The Hall–Kier alpha value is -1.40. The first-order chi connectivity index (χ1) is 9.90. The first-order valence-electron chi connectivity index (χ1n) is 7.35. The highest BCUT2D eigenvalue weighted by atomic mass is 32.2. The van der Waals surface area contributed by atoms with Crippen molar-refractivity contribution >= 4 is 21.6 Å². The molecule has 1 amide bonds. The Morgan fingerprint density at radius 2 is 2.10 bits per heavy atom. The molecule has 1 aromatic rings. The van der Waals surface area contributed by atoms with E-state index in [0.717, 1.165) is 17.7 Å². The van der Waals surface area contributed by atoms with Gasteiger partial charge in [-0.15, -0.1) is 0 Å². The van der Waals surface area contributed by atoms with Gasteiger partial charge in [0.15, 0.2) is 0 Å². The zero-order chi connectivity index (χ0) is 15.6. The molecule has 0 fully saturated rings. The molecular weight excluding hydrogens is 288 g/mol. The summed E-state index contributed by atoms with van der Waals surface area (Å²) in [4.78, 5) is 14.0. The quantitative estimate of drug-likeness (QED) is 0.905. The predicted molar refractivity (Wildman–Crippen MR) is 82.9 cm³/mol. The van der Waals surface area contributed by atoms with Crippen LogP contribution in [0, 0.1) is 0 Å². The number of nitrogens with zero attached hydrogens (tertiary/aromatic N) is 1. The third-order valence-corrected chi connectivity index (χ3v) is 5.15. The van der Waals surface area contributed by atoms with Gasteiger partial charge in [-0.2, -0.15) is 0 Å². The van der Waals surface area contributed by atoms with Gasteiger partial charge in [0.25, 0.3) is 0 Å². The molecule has 1 aliphatic heterocycles. The Bertz CT molecular complexity index is 640. The minimum Gasteiger partial charge on any atom is -0.309 e. The lowest BCUT2D eigenvalue weighted by atomic mass is 10.1. The highest BCUT2D eigenvalue weighted by Crippen LogP contribution is 2.34. The van der Waals surface area contributed by atoms with Gasteiger partial charge in [-0.1, -0.05) is 13.8 Å². The minimum atomic E-state index is -3.46. The van der Waals surface area contributed by atoms with Crippen LogP contribution in [0.1, 0.15) is 39.2 Å². The molecule has 0 radical (unpaired) electrons. The van der Waals surface area contributed by atoms with E-state index < -0.39 is 10.0 Å². The van der Waals surface area contributed by atoms with Crippen LogP contribution in [0.4, 0.5) is 5.69 Å². The van der Waals surface area contributed by atoms with Gasteiger partial charge in [-0.3, -0.25) is 4.79 Å². The van der Waals surface area contributed by atoms with Crippen LogP contribution in [0.3, 0.4) is 0 Å². The van der Waals surface area contributed by atoms with Crippen molar-refractivity contribution in [2.24, 2.45) is 0 Å². The Labute approximate surface area is 126 Å². The van der Waals surface area contributed by atoms with Crippen LogP contribution in [-0.4, -0.2) is 26.9 Å². The summed E-state index contributed by atoms with van der Waals surface area (Å²) < 4.78 is 26.9. The SMILES string of the molecule is CCCNS(=O)(=O)c1ccc2c(c1)CC(C)N2C(=O)CC. The summed E-state index contributed by atoms with van der Waals surface area (Å²) in [6.07, 6.45) is 1.89. The Balaban J connectivity index is 2.34. The second-order valence-electron chi connectivity index (χ2n) is 5.36. The number of fused-ring (bicyclic) bond motifs is 1. The first-order valence-corrected chi connectivity index (χ1v) is 8.83. The second kappa shape index (κ2) is 6.15. The average Bonchev–Trinajstić information content (AvgIpc) is 2.79. The van der Waals surface area contributed by atoms with Crippen LogP contribution >= 0.6 is 0 Å². The van der Waals surface area contributed by atoms with E-state index in [9.17, 15) is 13.2 Å². The summed E-state index contributed by atoms with van der Waals surface area (Å²) >= 11 is 0. The lowest BCUT2D eigenvalue weighted by Crippen LogP contribution is -2.35. The van der Waals surface area contributed by atoms with Crippen LogP contribution in [0.25, 0.3) is 0 Å². The van der Waals surface area contributed by atoms with Crippen LogP contribution in [0.15, 0.2) is 23.1 Å². The molecule has 1 atom stereocenters. The largest absolute Gasteiger partial charge is 0.309 e. The van der Waals surface area contributed by atoms with Crippen molar-refractivity contribution in [1.29, 1.82) is 0 Å². The molecule has 0 aliphatic carbocycles. The number of nitrogens with one attached hydrogen (secondary N) is 1. The fourth-order valence-corrected chi connectivity index (χ4v) is 3.83. The zero-order valence-electron chi connectivity index (χ0n) is 12.7. The summed E-state index contributed by atoms with van der Waals surface area (Å²) in [5.41, 5.74) is 1.76. The Morgan fingerprint density at radius 1 is 1.38 bits per heavy atom. The van der Waals surface area contributed by atoms with Crippen LogP contribution in [0.5, 0.6) is 0 Å². The molecule has 2 rings (SSSR count). The topological polar surface area (TPSA) is 66.5 Å². The van der Waals surface area contributed by atoms with E-state index in [1.807, 2.05) is 20.8 Å². The summed E-state index contributed by atoms with van der Waals surface area (Å²) in [6, 6.07) is 5.08. The smallest absolute Gasteiger partial charge is 0.240 e. The van der Waals surface area contributed by atoms with Gasteiger partial charge in [0.05, 0.1) is 4.90 Å². The maximum absolute atomic E-state index is 12.2. The van der Waals surface area contributed by atoms with Crippen molar-refractivity contribution in [2.75, 3.05) is 11.4 Å². The lowest BCUT2D eigenvalue weighted by Gasteiger charge is -2.22. The number of rotatable bonds is 5. The third kappa shape index (κ3) is 3.11. The van der Waals surface area contributed by atoms with Crippen molar-refractivity contribution in [3.8, 4) is 0 Å². The first kappa shape index (κ1) is 16.0. The average molecular weight is 310 g/mol. The summed E-state index contributed by atoms with van der Waals surface area (Å²) in [5.74, 6) is 0.0703. The van der Waals surface area contributed by atoms with Gasteiger partial charge in [0, 0.05) is 24.7 Å². The third-order valence-electron chi connectivity index (χ3n) is 3.69. The van der Waals surface area contributed by atoms with Crippen molar-refractivity contribution in [3.63, 3.8) is 0 Å². The van der Waals surface area contributed by atoms with Crippen molar-refractivity contribution in [1.82, 2.24) is 4.72 Å². The maximum atomic E-state index is 12.2. The summed E-state index contributed by atoms with van der Waals surface area (Å²) in [6.45, 7) is 6.16. The molecule has 1 aromatic carbocycles.